The third-order valence-electron chi connectivity index (χ3n) is 4.89. The molecular weight excluding hydrogens is 375 g/mol. The molecule has 150 valence electrons. The van der Waals surface area contributed by atoms with Crippen molar-refractivity contribution < 1.29 is 4.39 Å². The van der Waals surface area contributed by atoms with E-state index in [0.717, 1.165) is 11.3 Å². The average Bonchev–Trinajstić information content (AvgIpc) is 3.08. The Kier molecular flexibility index (Phi) is 4.65. The van der Waals surface area contributed by atoms with E-state index in [1.165, 1.54) is 21.3 Å². The predicted molar refractivity (Wildman–Crippen MR) is 110 cm³/mol. The average molecular weight is 396 g/mol. The van der Waals surface area contributed by atoms with Crippen LogP contribution in [0.2, 0.25) is 0 Å². The molecule has 0 radical (unpaired) electrons. The van der Waals surface area contributed by atoms with Crippen molar-refractivity contribution in [2.24, 2.45) is 12.1 Å². The van der Waals surface area contributed by atoms with Crippen LogP contribution >= 0.6 is 0 Å². The van der Waals surface area contributed by atoms with Gasteiger partial charge in [-0.2, -0.15) is 10.1 Å². The first-order valence-electron chi connectivity index (χ1n) is 9.28. The summed E-state index contributed by atoms with van der Waals surface area (Å²) < 4.78 is 17.6. The summed E-state index contributed by atoms with van der Waals surface area (Å²) in [5.41, 5.74) is 1.54. The van der Waals surface area contributed by atoms with Gasteiger partial charge in [0.05, 0.1) is 18.8 Å². The van der Waals surface area contributed by atoms with E-state index < -0.39 is 5.69 Å². The van der Waals surface area contributed by atoms with Crippen molar-refractivity contribution in [3.63, 3.8) is 0 Å². The van der Waals surface area contributed by atoms with Crippen LogP contribution in [0.3, 0.4) is 0 Å². The molecule has 0 fully saturated rings. The smallest absolute Gasteiger partial charge is 0.297 e. The number of benzene rings is 1. The van der Waals surface area contributed by atoms with Crippen LogP contribution < -0.4 is 16.3 Å². The maximum absolute atomic E-state index is 13.2. The van der Waals surface area contributed by atoms with Gasteiger partial charge in [0.1, 0.15) is 5.82 Å². The molecule has 0 unspecified atom stereocenters. The van der Waals surface area contributed by atoms with Crippen molar-refractivity contribution in [2.45, 2.75) is 33.5 Å². The number of halogens is 1. The molecule has 0 saturated heterocycles. The number of hydrogen-bond donors (Lipinski definition) is 0. The molecule has 29 heavy (non-hydrogen) atoms. The van der Waals surface area contributed by atoms with E-state index in [4.69, 9.17) is 0 Å². The Bertz CT molecular complexity index is 1260. The number of aromatic nitrogens is 4. The maximum Gasteiger partial charge on any atom is 0.332 e. The lowest BCUT2D eigenvalue weighted by molar-refractivity contribution is 0.626. The summed E-state index contributed by atoms with van der Waals surface area (Å²) in [6.07, 6.45) is 3.55. The third-order valence-corrected chi connectivity index (χ3v) is 4.89. The fourth-order valence-electron chi connectivity index (χ4n) is 3.46. The van der Waals surface area contributed by atoms with Gasteiger partial charge in [0.25, 0.3) is 5.56 Å². The Hall–Kier alpha value is -3.49. The Balaban J connectivity index is 1.89. The lowest BCUT2D eigenvalue weighted by Gasteiger charge is -2.25. The number of imidazole rings is 1. The van der Waals surface area contributed by atoms with Crippen molar-refractivity contribution in [1.29, 1.82) is 0 Å². The van der Waals surface area contributed by atoms with Crippen LogP contribution in [-0.2, 0) is 26.7 Å². The standard InChI is InChI=1S/C20H21FN6O2/c1-4-5-10-25-18(28)16-17(24(3)20(25)29)22-19-26(16)11-13(2)23-27(19)12-14-6-8-15(21)9-7-14/h4-9H,10-12H2,1-3H3. The van der Waals surface area contributed by atoms with Crippen LogP contribution in [0, 0.1) is 5.82 Å². The summed E-state index contributed by atoms with van der Waals surface area (Å²) >= 11 is 0. The molecule has 8 nitrogen and oxygen atoms in total. The molecular formula is C20H21FN6O2. The topological polar surface area (TPSA) is 77.4 Å². The van der Waals surface area contributed by atoms with Crippen LogP contribution in [0.15, 0.2) is 51.1 Å². The molecule has 9 heteroatoms. The van der Waals surface area contributed by atoms with Gasteiger partial charge in [-0.1, -0.05) is 24.3 Å². The number of aryl methyl sites for hydroxylation is 1. The lowest BCUT2D eigenvalue weighted by atomic mass is 10.2. The highest BCUT2D eigenvalue weighted by molar-refractivity contribution is 5.87. The van der Waals surface area contributed by atoms with Crippen molar-refractivity contribution in [3.8, 4) is 0 Å². The van der Waals surface area contributed by atoms with Crippen LogP contribution in [0.25, 0.3) is 11.2 Å². The Labute approximate surface area is 165 Å². The highest BCUT2D eigenvalue weighted by Crippen LogP contribution is 2.25. The first kappa shape index (κ1) is 18.9. The highest BCUT2D eigenvalue weighted by Gasteiger charge is 2.26. The molecule has 2 aromatic heterocycles. The minimum absolute atomic E-state index is 0.199. The molecule has 0 amide bonds. The lowest BCUT2D eigenvalue weighted by Crippen LogP contribution is -2.39. The van der Waals surface area contributed by atoms with E-state index in [-0.39, 0.29) is 17.9 Å². The highest BCUT2D eigenvalue weighted by atomic mass is 19.1. The number of anilines is 1. The Morgan fingerprint density at radius 2 is 1.93 bits per heavy atom. The molecule has 4 rings (SSSR count). The van der Waals surface area contributed by atoms with Gasteiger partial charge in [-0.3, -0.25) is 18.5 Å². The van der Waals surface area contributed by atoms with Gasteiger partial charge < -0.3 is 0 Å². The van der Waals surface area contributed by atoms with Gasteiger partial charge in [0.15, 0.2) is 11.2 Å². The molecule has 0 saturated carbocycles. The summed E-state index contributed by atoms with van der Waals surface area (Å²) in [5.74, 6) is 0.168. The fourth-order valence-corrected chi connectivity index (χ4v) is 3.46. The van der Waals surface area contributed by atoms with Gasteiger partial charge in [-0.05, 0) is 31.5 Å². The number of fused-ring (bicyclic) bond motifs is 3. The molecule has 0 spiro atoms. The van der Waals surface area contributed by atoms with Gasteiger partial charge in [0, 0.05) is 13.6 Å². The van der Waals surface area contributed by atoms with E-state index in [1.807, 2.05) is 13.8 Å². The van der Waals surface area contributed by atoms with E-state index in [2.05, 4.69) is 10.1 Å². The van der Waals surface area contributed by atoms with Gasteiger partial charge in [0.2, 0.25) is 5.95 Å². The van der Waals surface area contributed by atoms with E-state index >= 15 is 0 Å². The molecule has 1 aliphatic heterocycles. The maximum atomic E-state index is 13.2. The molecule has 1 aliphatic rings. The molecule has 3 heterocycles. The van der Waals surface area contributed by atoms with E-state index in [1.54, 1.807) is 40.9 Å². The van der Waals surface area contributed by atoms with Crippen LogP contribution in [0.4, 0.5) is 10.3 Å². The van der Waals surface area contributed by atoms with Gasteiger partial charge in [-0.25, -0.2) is 14.2 Å². The number of hydrogen-bond acceptors (Lipinski definition) is 5. The Morgan fingerprint density at radius 1 is 1.21 bits per heavy atom. The molecule has 0 N–H and O–H groups in total. The van der Waals surface area contributed by atoms with Crippen LogP contribution in [-0.4, -0.2) is 24.4 Å². The second kappa shape index (κ2) is 7.16. The zero-order valence-electron chi connectivity index (χ0n) is 16.5. The summed E-state index contributed by atoms with van der Waals surface area (Å²) in [6.45, 7) is 4.67. The SMILES string of the molecule is CC=CCn1c(=O)c2c(nc3n2CC(C)=NN3Cc2ccc(F)cc2)n(C)c1=O. The number of nitrogens with zero attached hydrogens (tertiary/aromatic N) is 6. The number of hydrazone groups is 1. The van der Waals surface area contributed by atoms with Gasteiger partial charge >= 0.3 is 5.69 Å². The fraction of sp³-hybridized carbons (Fsp3) is 0.300. The van der Waals surface area contributed by atoms with Crippen LogP contribution in [0.5, 0.6) is 0 Å². The van der Waals surface area contributed by atoms with Gasteiger partial charge in [-0.15, -0.1) is 0 Å². The second-order valence-electron chi connectivity index (χ2n) is 7.02. The van der Waals surface area contributed by atoms with Crippen molar-refractivity contribution in [2.75, 3.05) is 5.01 Å². The monoisotopic (exact) mass is 396 g/mol. The summed E-state index contributed by atoms with van der Waals surface area (Å²) in [4.78, 5) is 30.3. The van der Waals surface area contributed by atoms with E-state index in [0.29, 0.717) is 30.2 Å². The minimum Gasteiger partial charge on any atom is -0.297 e. The molecule has 3 aromatic rings. The van der Waals surface area contributed by atoms with Crippen molar-refractivity contribution >= 4 is 22.8 Å². The summed E-state index contributed by atoms with van der Waals surface area (Å²) in [6, 6.07) is 6.15. The summed E-state index contributed by atoms with van der Waals surface area (Å²) in [5, 5.41) is 6.23. The molecule has 0 bridgehead atoms. The van der Waals surface area contributed by atoms with Crippen molar-refractivity contribution in [3.05, 3.63) is 68.6 Å². The second-order valence-corrected chi connectivity index (χ2v) is 7.02. The van der Waals surface area contributed by atoms with E-state index in [9.17, 15) is 14.0 Å². The Morgan fingerprint density at radius 3 is 2.62 bits per heavy atom. The first-order chi connectivity index (χ1) is 13.9. The summed E-state index contributed by atoms with van der Waals surface area (Å²) in [7, 11) is 1.60. The van der Waals surface area contributed by atoms with Crippen molar-refractivity contribution in [1.82, 2.24) is 18.7 Å². The minimum atomic E-state index is -0.418. The molecule has 0 atom stereocenters. The zero-order chi connectivity index (χ0) is 20.7. The molecule has 1 aromatic carbocycles. The quantitative estimate of drug-likeness (QED) is 0.632. The van der Waals surface area contributed by atoms with Crippen LogP contribution in [0.1, 0.15) is 19.4 Å². The predicted octanol–water partition coefficient (Wildman–Crippen LogP) is 2.01. The number of allylic oxidation sites excluding steroid dienone is 2. The third kappa shape index (κ3) is 3.18. The normalized spacial score (nSPS) is 13.9. The largest absolute Gasteiger partial charge is 0.332 e. The zero-order valence-corrected chi connectivity index (χ0v) is 16.5. The molecule has 0 aliphatic carbocycles. The first-order valence-corrected chi connectivity index (χ1v) is 9.28. The number of rotatable bonds is 4.